The zero-order valence-electron chi connectivity index (χ0n) is 58.2. The van der Waals surface area contributed by atoms with Gasteiger partial charge in [-0.1, -0.05) is 210 Å². The van der Waals surface area contributed by atoms with Gasteiger partial charge in [0.2, 0.25) is 0 Å². The van der Waals surface area contributed by atoms with E-state index in [0.717, 1.165) is 59.6 Å². The van der Waals surface area contributed by atoms with Crippen LogP contribution in [0.2, 0.25) is 0 Å². The van der Waals surface area contributed by atoms with Gasteiger partial charge in [0.25, 0.3) is 0 Å². The summed E-state index contributed by atoms with van der Waals surface area (Å²) < 4.78 is 7.78. The summed E-state index contributed by atoms with van der Waals surface area (Å²) >= 11 is 0. The van der Waals surface area contributed by atoms with E-state index in [2.05, 4.69) is 311 Å². The summed E-state index contributed by atoms with van der Waals surface area (Å²) in [6, 6.07) is 62.9. The van der Waals surface area contributed by atoms with Gasteiger partial charge in [0.1, 0.15) is 5.58 Å². The lowest BCUT2D eigenvalue weighted by molar-refractivity contribution is 0.332. The maximum absolute atomic E-state index is 7.78. The molecule has 0 N–H and O–H groups in total. The molecule has 2 aliphatic heterocycles. The molecule has 3 heterocycles. The van der Waals surface area contributed by atoms with Crippen LogP contribution in [0.1, 0.15) is 213 Å². The van der Waals surface area contributed by atoms with Crippen LogP contribution >= 0.6 is 0 Å². The summed E-state index contributed by atoms with van der Waals surface area (Å²) in [5.41, 5.74) is 32.3. The number of benzene rings is 9. The molecule has 0 spiro atoms. The van der Waals surface area contributed by atoms with E-state index in [1.165, 1.54) is 122 Å². The monoisotopic (exact) mass is 1200 g/mol. The van der Waals surface area contributed by atoms with Crippen LogP contribution in [0.4, 0.5) is 45.5 Å². The van der Waals surface area contributed by atoms with E-state index in [9.17, 15) is 0 Å². The highest BCUT2D eigenvalue weighted by Gasteiger charge is 2.52. The van der Waals surface area contributed by atoms with Gasteiger partial charge >= 0.3 is 6.85 Å². The predicted octanol–water partition coefficient (Wildman–Crippen LogP) is 23.0. The number of aryl methyl sites for hydroxylation is 1. The Morgan fingerprint density at radius 1 is 0.429 bits per heavy atom. The second kappa shape index (κ2) is 19.4. The minimum Gasteiger partial charge on any atom is -0.454 e. The van der Waals surface area contributed by atoms with Crippen LogP contribution in [0, 0.1) is 6.92 Å². The highest BCUT2D eigenvalue weighted by molar-refractivity contribution is 6.94. The Morgan fingerprint density at radius 3 is 1.56 bits per heavy atom. The highest BCUT2D eigenvalue weighted by atomic mass is 16.3. The molecule has 10 aromatic rings. The van der Waals surface area contributed by atoms with Crippen molar-refractivity contribution in [2.45, 2.75) is 207 Å². The molecule has 5 aliphatic rings. The van der Waals surface area contributed by atoms with Crippen LogP contribution in [-0.4, -0.2) is 6.85 Å². The molecule has 0 radical (unpaired) electrons. The Hall–Kier alpha value is -7.76. The molecule has 3 aliphatic carbocycles. The number of furan rings is 1. The number of fused-ring (bicyclic) bond motifs is 14. The molecule has 0 atom stereocenters. The van der Waals surface area contributed by atoms with E-state index >= 15 is 0 Å². The van der Waals surface area contributed by atoms with Crippen molar-refractivity contribution < 1.29 is 4.42 Å². The van der Waals surface area contributed by atoms with Crippen molar-refractivity contribution >= 4 is 85.2 Å². The molecule has 1 aromatic heterocycles. The molecule has 15 rings (SSSR count). The first-order chi connectivity index (χ1) is 42.7. The lowest BCUT2D eigenvalue weighted by Crippen LogP contribution is -2.62. The third-order valence-electron chi connectivity index (χ3n) is 22.9. The number of anilines is 8. The van der Waals surface area contributed by atoms with Crippen LogP contribution in [0.3, 0.4) is 0 Å². The maximum atomic E-state index is 7.78. The van der Waals surface area contributed by atoms with Crippen LogP contribution in [-0.2, 0) is 43.3 Å². The Kier molecular flexibility index (Phi) is 12.7. The van der Waals surface area contributed by atoms with Crippen molar-refractivity contribution in [2.24, 2.45) is 0 Å². The third-order valence-corrected chi connectivity index (χ3v) is 22.9. The molecule has 0 fully saturated rings. The largest absolute Gasteiger partial charge is 0.454 e. The summed E-state index contributed by atoms with van der Waals surface area (Å²) in [5, 5.41) is 2.36. The minimum absolute atomic E-state index is 0.00868. The van der Waals surface area contributed by atoms with Crippen molar-refractivity contribution in [3.05, 3.63) is 213 Å². The third kappa shape index (κ3) is 8.95. The fraction of sp³-hybridized carbons (Fsp3) is 0.372. The highest BCUT2D eigenvalue weighted by Crippen LogP contribution is 2.61. The van der Waals surface area contributed by atoms with Gasteiger partial charge in [-0.2, -0.15) is 0 Å². The zero-order chi connectivity index (χ0) is 64.4. The molecule has 4 nitrogen and oxygen atoms in total. The molecule has 91 heavy (non-hydrogen) atoms. The van der Waals surface area contributed by atoms with Crippen molar-refractivity contribution in [3.8, 4) is 22.3 Å². The molecule has 0 saturated carbocycles. The smallest absolute Gasteiger partial charge is 0.333 e. The molecular weight excluding hydrogens is 1100 g/mol. The van der Waals surface area contributed by atoms with E-state index in [0.29, 0.717) is 0 Å². The second-order valence-electron chi connectivity index (χ2n) is 34.4. The standard InChI is InChI=1S/C86H94BN3O/c1-51-45-54(81(8,9)10)29-39-71(51)89-76-70(38-36-60-62-49-68-69(50-73(62)91-78(60)76)85(17,18)44-43-84(68,15)16)87-75-64(48-63-59-23-21-22-24-65(59)86(19,20)74(63)77(75)89)61-46-57(35-40-72(61)90(87)58-34-37-66-67(47-58)83(13,14)42-41-82(66,11)12)88(55-30-25-52(26-31-55)79(2,3)4)56-32-27-53(28-33-56)80(5,6)7/h21-40,45-50H,41-44H2,1-20H3. The molecule has 0 unspecified atom stereocenters. The molecule has 0 bridgehead atoms. The van der Waals surface area contributed by atoms with Crippen molar-refractivity contribution in [2.75, 3.05) is 14.6 Å². The van der Waals surface area contributed by atoms with E-state index in [1.54, 1.807) is 0 Å². The normalized spacial score (nSPS) is 17.9. The molecule has 9 aromatic carbocycles. The fourth-order valence-corrected chi connectivity index (χ4v) is 17.1. The molecule has 462 valence electrons. The van der Waals surface area contributed by atoms with E-state index in [1.807, 2.05) is 0 Å². The number of hydrogen-bond donors (Lipinski definition) is 0. The van der Waals surface area contributed by atoms with Gasteiger partial charge in [0.05, 0.1) is 5.69 Å². The Bertz CT molecular complexity index is 4640. The van der Waals surface area contributed by atoms with Gasteiger partial charge < -0.3 is 19.0 Å². The first-order valence-electron chi connectivity index (χ1n) is 34.0. The SMILES string of the molecule is Cc1cc(C(C)(C)C)ccc1N1c2c3c(cc4c2C(C)(C)c2ccccc2-4)-c2cc(N(c4ccc(C(C)(C)C)cc4)c4ccc(C(C)(C)C)cc4)ccc2N(c2ccc4c(c2)C(C)(C)CCC4(C)C)B3c2ccc3c(oc4cc5c(cc43)C(C)(C)CCC5(C)C)c21. The quantitative estimate of drug-likeness (QED) is 0.160. The topological polar surface area (TPSA) is 22.9 Å². The molecule has 5 heteroatoms. The maximum Gasteiger partial charge on any atom is 0.333 e. The average molecular weight is 1200 g/mol. The first-order valence-corrected chi connectivity index (χ1v) is 34.0. The van der Waals surface area contributed by atoms with Gasteiger partial charge in [0, 0.05) is 61.6 Å². The van der Waals surface area contributed by atoms with Crippen LogP contribution < -0.4 is 25.5 Å². The molecule has 0 amide bonds. The van der Waals surface area contributed by atoms with Gasteiger partial charge in [0.15, 0.2) is 5.58 Å². The van der Waals surface area contributed by atoms with Crippen molar-refractivity contribution in [1.82, 2.24) is 0 Å². The van der Waals surface area contributed by atoms with Crippen LogP contribution in [0.15, 0.2) is 162 Å². The van der Waals surface area contributed by atoms with Gasteiger partial charge in [-0.3, -0.25) is 0 Å². The minimum atomic E-state index is -0.378. The summed E-state index contributed by atoms with van der Waals surface area (Å²) in [5.74, 6) is 0. The van der Waals surface area contributed by atoms with Crippen LogP contribution in [0.25, 0.3) is 44.2 Å². The summed E-state index contributed by atoms with van der Waals surface area (Å²) in [6.45, 7) is 47.6. The Balaban J connectivity index is 1.09. The fourth-order valence-electron chi connectivity index (χ4n) is 17.1. The van der Waals surface area contributed by atoms with Crippen molar-refractivity contribution in [1.29, 1.82) is 0 Å². The number of nitrogens with zero attached hydrogens (tertiary/aromatic N) is 3. The van der Waals surface area contributed by atoms with Crippen molar-refractivity contribution in [3.63, 3.8) is 0 Å². The number of rotatable bonds is 5. The lowest BCUT2D eigenvalue weighted by Gasteiger charge is -2.48. The lowest BCUT2D eigenvalue weighted by atomic mass is 9.42. The zero-order valence-corrected chi connectivity index (χ0v) is 58.2. The Labute approximate surface area is 544 Å². The Morgan fingerprint density at radius 2 is 0.967 bits per heavy atom. The second-order valence-corrected chi connectivity index (χ2v) is 34.4. The van der Waals surface area contributed by atoms with E-state index in [-0.39, 0.29) is 50.2 Å². The molecule has 0 saturated heterocycles. The van der Waals surface area contributed by atoms with Gasteiger partial charge in [-0.15, -0.1) is 0 Å². The first kappa shape index (κ1) is 59.5. The molecular formula is C86H94BN3O. The van der Waals surface area contributed by atoms with Crippen LogP contribution in [0.5, 0.6) is 0 Å². The number of hydrogen-bond acceptors (Lipinski definition) is 4. The van der Waals surface area contributed by atoms with Gasteiger partial charge in [-0.05, 0) is 233 Å². The predicted molar refractivity (Wildman–Crippen MR) is 391 cm³/mol. The van der Waals surface area contributed by atoms with Gasteiger partial charge in [-0.25, -0.2) is 0 Å². The average Bonchev–Trinajstić information content (AvgIpc) is 1.66. The van der Waals surface area contributed by atoms with E-state index < -0.39 is 0 Å². The summed E-state index contributed by atoms with van der Waals surface area (Å²) in [4.78, 5) is 8.00. The van der Waals surface area contributed by atoms with E-state index in [4.69, 9.17) is 4.42 Å². The summed E-state index contributed by atoms with van der Waals surface area (Å²) in [6.07, 6.45) is 4.57. The summed E-state index contributed by atoms with van der Waals surface area (Å²) in [7, 11) is 0.